The van der Waals surface area contributed by atoms with Crippen LogP contribution in [0.1, 0.15) is 12.5 Å². The number of aromatic nitrogens is 2. The van der Waals surface area contributed by atoms with Crippen LogP contribution in [0.5, 0.6) is 5.75 Å². The van der Waals surface area contributed by atoms with E-state index in [2.05, 4.69) is 15.3 Å². The lowest BCUT2D eigenvalue weighted by atomic mass is 10.2. The molecule has 1 aromatic heterocycles. The van der Waals surface area contributed by atoms with E-state index in [1.54, 1.807) is 18.2 Å². The Hall–Kier alpha value is -2.95. The molecule has 0 saturated heterocycles. The van der Waals surface area contributed by atoms with Crippen LogP contribution >= 0.6 is 0 Å². The lowest BCUT2D eigenvalue weighted by Gasteiger charge is -2.11. The third-order valence-corrected chi connectivity index (χ3v) is 3.27. The van der Waals surface area contributed by atoms with Crippen LogP contribution in [0.2, 0.25) is 0 Å². The van der Waals surface area contributed by atoms with Crippen LogP contribution in [0.25, 0.3) is 10.9 Å². The lowest BCUT2D eigenvalue weighted by Crippen LogP contribution is -2.02. The van der Waals surface area contributed by atoms with Gasteiger partial charge in [-0.05, 0) is 36.8 Å². The molecule has 110 valence electrons. The molecule has 0 radical (unpaired) electrons. The van der Waals surface area contributed by atoms with Crippen LogP contribution in [-0.4, -0.2) is 15.9 Å². The van der Waals surface area contributed by atoms with Gasteiger partial charge in [0, 0.05) is 18.0 Å². The van der Waals surface area contributed by atoms with Gasteiger partial charge in [-0.15, -0.1) is 0 Å². The molecule has 0 atom stereocenters. The van der Waals surface area contributed by atoms with Gasteiger partial charge in [-0.2, -0.15) is 0 Å². The molecule has 0 saturated carbocycles. The maximum absolute atomic E-state index is 11.1. The maximum Gasteiger partial charge on any atom is 0.308 e. The summed E-state index contributed by atoms with van der Waals surface area (Å²) in [6.07, 6.45) is 1.51. The fourth-order valence-electron chi connectivity index (χ4n) is 2.21. The third kappa shape index (κ3) is 2.88. The molecule has 2 aromatic carbocycles. The van der Waals surface area contributed by atoms with Crippen LogP contribution in [0.4, 0.5) is 11.5 Å². The summed E-state index contributed by atoms with van der Waals surface area (Å²) in [5.74, 6) is 0.792. The maximum atomic E-state index is 11.1. The largest absolute Gasteiger partial charge is 0.427 e. The Bertz CT molecular complexity index is 846. The normalized spacial score (nSPS) is 10.5. The quantitative estimate of drug-likeness (QED) is 0.590. The van der Waals surface area contributed by atoms with Gasteiger partial charge < -0.3 is 10.1 Å². The summed E-state index contributed by atoms with van der Waals surface area (Å²) in [7, 11) is 0. The predicted octanol–water partition coefficient (Wildman–Crippen LogP) is 3.61. The minimum absolute atomic E-state index is 0.357. The Kier molecular flexibility index (Phi) is 3.70. The highest BCUT2D eigenvalue weighted by atomic mass is 16.5. The molecule has 0 unspecified atom stereocenters. The summed E-state index contributed by atoms with van der Waals surface area (Å²) in [6, 6.07) is 13.2. The SMILES string of the molecule is CC(=O)Oc1ccc2ncnc(Nc3ccccc3C)c2c1. The van der Waals surface area contributed by atoms with Crippen molar-refractivity contribution in [2.45, 2.75) is 13.8 Å². The Balaban J connectivity index is 2.05. The molecule has 0 aliphatic heterocycles. The van der Waals surface area contributed by atoms with Crippen LogP contribution in [0, 0.1) is 6.92 Å². The highest BCUT2D eigenvalue weighted by Crippen LogP contribution is 2.27. The molecule has 0 spiro atoms. The molecule has 0 aliphatic carbocycles. The van der Waals surface area contributed by atoms with Gasteiger partial charge in [0.2, 0.25) is 0 Å². The van der Waals surface area contributed by atoms with Crippen LogP contribution < -0.4 is 10.1 Å². The van der Waals surface area contributed by atoms with E-state index in [0.29, 0.717) is 11.6 Å². The van der Waals surface area contributed by atoms with Crippen LogP contribution in [-0.2, 0) is 4.79 Å². The minimum Gasteiger partial charge on any atom is -0.427 e. The summed E-state index contributed by atoms with van der Waals surface area (Å²) in [5, 5.41) is 4.10. The number of benzene rings is 2. The van der Waals surface area contributed by atoms with Gasteiger partial charge in [-0.3, -0.25) is 4.79 Å². The molecule has 5 heteroatoms. The first kappa shape index (κ1) is 14.0. The fraction of sp³-hybridized carbons (Fsp3) is 0.118. The molecular formula is C17H15N3O2. The smallest absolute Gasteiger partial charge is 0.308 e. The minimum atomic E-state index is -0.357. The van der Waals surface area contributed by atoms with E-state index in [-0.39, 0.29) is 5.97 Å². The molecule has 1 heterocycles. The van der Waals surface area contributed by atoms with Gasteiger partial charge in [0.15, 0.2) is 0 Å². The first-order valence-electron chi connectivity index (χ1n) is 6.89. The third-order valence-electron chi connectivity index (χ3n) is 3.27. The van der Waals surface area contributed by atoms with Gasteiger partial charge in [0.1, 0.15) is 17.9 Å². The molecule has 0 amide bonds. The lowest BCUT2D eigenvalue weighted by molar-refractivity contribution is -0.131. The molecule has 0 fully saturated rings. The molecule has 1 N–H and O–H groups in total. The van der Waals surface area contributed by atoms with Gasteiger partial charge >= 0.3 is 5.97 Å². The summed E-state index contributed by atoms with van der Waals surface area (Å²) < 4.78 is 5.13. The van der Waals surface area contributed by atoms with E-state index in [1.807, 2.05) is 31.2 Å². The molecule has 3 rings (SSSR count). The molecule has 0 aliphatic rings. The number of esters is 1. The van der Waals surface area contributed by atoms with Gasteiger partial charge in [0.25, 0.3) is 0 Å². The van der Waals surface area contributed by atoms with Gasteiger partial charge in [-0.1, -0.05) is 18.2 Å². The summed E-state index contributed by atoms with van der Waals surface area (Å²) in [6.45, 7) is 3.40. The summed E-state index contributed by atoms with van der Waals surface area (Å²) in [4.78, 5) is 19.6. The second kappa shape index (κ2) is 5.81. The van der Waals surface area contributed by atoms with Gasteiger partial charge in [-0.25, -0.2) is 9.97 Å². The zero-order valence-corrected chi connectivity index (χ0v) is 12.3. The van der Waals surface area contributed by atoms with Crippen molar-refractivity contribution in [2.75, 3.05) is 5.32 Å². The van der Waals surface area contributed by atoms with E-state index < -0.39 is 0 Å². The highest BCUT2D eigenvalue weighted by Gasteiger charge is 2.08. The van der Waals surface area contributed by atoms with Crippen molar-refractivity contribution in [2.24, 2.45) is 0 Å². The number of rotatable bonds is 3. The van der Waals surface area contributed by atoms with E-state index in [9.17, 15) is 4.79 Å². The zero-order valence-electron chi connectivity index (χ0n) is 12.3. The number of ether oxygens (including phenoxy) is 1. The van der Waals surface area contributed by atoms with Crippen molar-refractivity contribution in [3.63, 3.8) is 0 Å². The number of fused-ring (bicyclic) bond motifs is 1. The van der Waals surface area contributed by atoms with Crippen molar-refractivity contribution >= 4 is 28.4 Å². The van der Waals surface area contributed by atoms with Crippen molar-refractivity contribution in [3.05, 3.63) is 54.4 Å². The topological polar surface area (TPSA) is 64.1 Å². The van der Waals surface area contributed by atoms with Crippen molar-refractivity contribution < 1.29 is 9.53 Å². The average Bonchev–Trinajstić information content (AvgIpc) is 2.49. The van der Waals surface area contributed by atoms with E-state index in [0.717, 1.165) is 22.2 Å². The Morgan fingerprint density at radius 2 is 1.95 bits per heavy atom. The Morgan fingerprint density at radius 3 is 2.73 bits per heavy atom. The first-order valence-corrected chi connectivity index (χ1v) is 6.89. The van der Waals surface area contributed by atoms with Crippen molar-refractivity contribution in [3.8, 4) is 5.75 Å². The average molecular weight is 293 g/mol. The molecule has 0 bridgehead atoms. The van der Waals surface area contributed by atoms with E-state index >= 15 is 0 Å². The predicted molar refractivity (Wildman–Crippen MR) is 85.3 cm³/mol. The van der Waals surface area contributed by atoms with E-state index in [1.165, 1.54) is 13.3 Å². The number of para-hydroxylation sites is 1. The number of hydrogen-bond acceptors (Lipinski definition) is 5. The fourth-order valence-corrected chi connectivity index (χ4v) is 2.21. The Morgan fingerprint density at radius 1 is 1.14 bits per heavy atom. The number of nitrogens with one attached hydrogen (secondary N) is 1. The number of aryl methyl sites for hydroxylation is 1. The number of carbonyl (C=O) groups excluding carboxylic acids is 1. The van der Waals surface area contributed by atoms with Gasteiger partial charge in [0.05, 0.1) is 5.52 Å². The number of anilines is 2. The highest BCUT2D eigenvalue weighted by molar-refractivity contribution is 5.92. The second-order valence-corrected chi connectivity index (χ2v) is 4.93. The standard InChI is InChI=1S/C17H15N3O2/c1-11-5-3-4-6-15(11)20-17-14-9-13(22-12(2)21)7-8-16(14)18-10-19-17/h3-10H,1-2H3,(H,18,19,20). The summed E-state index contributed by atoms with van der Waals surface area (Å²) in [5.41, 5.74) is 2.87. The monoisotopic (exact) mass is 293 g/mol. The van der Waals surface area contributed by atoms with Crippen LogP contribution in [0.3, 0.4) is 0 Å². The molecule has 3 aromatic rings. The zero-order chi connectivity index (χ0) is 15.5. The summed E-state index contributed by atoms with van der Waals surface area (Å²) >= 11 is 0. The van der Waals surface area contributed by atoms with Crippen molar-refractivity contribution in [1.29, 1.82) is 0 Å². The molecule has 22 heavy (non-hydrogen) atoms. The Labute approximate surface area is 128 Å². The first-order chi connectivity index (χ1) is 10.6. The van der Waals surface area contributed by atoms with Crippen LogP contribution in [0.15, 0.2) is 48.8 Å². The number of carbonyl (C=O) groups is 1. The molecular weight excluding hydrogens is 278 g/mol. The van der Waals surface area contributed by atoms with Crippen molar-refractivity contribution in [1.82, 2.24) is 9.97 Å². The molecule has 5 nitrogen and oxygen atoms in total. The number of hydrogen-bond donors (Lipinski definition) is 1. The second-order valence-electron chi connectivity index (χ2n) is 4.93. The number of nitrogens with zero attached hydrogens (tertiary/aromatic N) is 2. The van der Waals surface area contributed by atoms with E-state index in [4.69, 9.17) is 4.74 Å².